The number of hydrogen-bond acceptors (Lipinski definition) is 2. The first-order valence-electron chi connectivity index (χ1n) is 7.28. The van der Waals surface area contributed by atoms with Crippen molar-refractivity contribution in [2.24, 2.45) is 0 Å². The van der Waals surface area contributed by atoms with Gasteiger partial charge in [-0.1, -0.05) is 43.5 Å². The summed E-state index contributed by atoms with van der Waals surface area (Å²) < 4.78 is 0. The minimum atomic E-state index is 0.309. The Labute approximate surface area is 113 Å². The van der Waals surface area contributed by atoms with Crippen LogP contribution in [-0.4, -0.2) is 9.97 Å². The van der Waals surface area contributed by atoms with Gasteiger partial charge in [0, 0.05) is 22.7 Å². The van der Waals surface area contributed by atoms with E-state index in [2.05, 4.69) is 40.4 Å². The van der Waals surface area contributed by atoms with Crippen LogP contribution in [0, 0.1) is 0 Å². The molecule has 2 nitrogen and oxygen atoms in total. The van der Waals surface area contributed by atoms with Gasteiger partial charge in [0.25, 0.3) is 0 Å². The van der Waals surface area contributed by atoms with Gasteiger partial charge in [0.05, 0.1) is 5.69 Å². The summed E-state index contributed by atoms with van der Waals surface area (Å²) in [6, 6.07) is 8.75. The Morgan fingerprint density at radius 3 is 2.74 bits per heavy atom. The lowest BCUT2D eigenvalue weighted by atomic mass is 9.62. The number of aromatic nitrogens is 2. The van der Waals surface area contributed by atoms with Gasteiger partial charge < -0.3 is 0 Å². The Morgan fingerprint density at radius 1 is 1.00 bits per heavy atom. The van der Waals surface area contributed by atoms with E-state index >= 15 is 0 Å². The molecule has 1 spiro atoms. The highest BCUT2D eigenvalue weighted by Gasteiger charge is 2.40. The van der Waals surface area contributed by atoms with Crippen molar-refractivity contribution in [2.45, 2.75) is 43.9 Å². The van der Waals surface area contributed by atoms with E-state index in [0.29, 0.717) is 5.41 Å². The summed E-state index contributed by atoms with van der Waals surface area (Å²) in [6.07, 6.45) is 11.6. The van der Waals surface area contributed by atoms with Gasteiger partial charge in [0.15, 0.2) is 0 Å². The molecule has 4 rings (SSSR count). The lowest BCUT2D eigenvalue weighted by molar-refractivity contribution is 0.287. The van der Waals surface area contributed by atoms with Crippen molar-refractivity contribution < 1.29 is 0 Å². The molecular formula is C17H18N2. The molecule has 1 saturated carbocycles. The summed E-state index contributed by atoms with van der Waals surface area (Å²) in [6.45, 7) is 0. The zero-order chi connectivity index (χ0) is 12.7. The van der Waals surface area contributed by atoms with Crippen molar-refractivity contribution in [2.75, 3.05) is 0 Å². The molecule has 19 heavy (non-hydrogen) atoms. The van der Waals surface area contributed by atoms with Crippen molar-refractivity contribution in [3.8, 4) is 11.3 Å². The zero-order valence-electron chi connectivity index (χ0n) is 11.1. The molecule has 0 saturated heterocycles. The summed E-state index contributed by atoms with van der Waals surface area (Å²) in [5, 5.41) is 0. The number of hydrogen-bond donors (Lipinski definition) is 0. The SMILES string of the molecule is c1ccc2c(c1)CC1(CCCCC1)c1cncnc1-2. The number of benzene rings is 1. The van der Waals surface area contributed by atoms with Crippen LogP contribution in [-0.2, 0) is 11.8 Å². The second-order valence-electron chi connectivity index (χ2n) is 5.96. The maximum Gasteiger partial charge on any atom is 0.116 e. The predicted octanol–water partition coefficient (Wildman–Crippen LogP) is 3.90. The molecule has 96 valence electrons. The first kappa shape index (κ1) is 11.2. The summed E-state index contributed by atoms with van der Waals surface area (Å²) in [7, 11) is 0. The third-order valence-electron chi connectivity index (χ3n) is 4.90. The third kappa shape index (κ3) is 1.62. The molecule has 1 aromatic heterocycles. The molecule has 2 aliphatic rings. The van der Waals surface area contributed by atoms with Gasteiger partial charge in [0.2, 0.25) is 0 Å². The average molecular weight is 250 g/mol. The minimum absolute atomic E-state index is 0.309. The monoisotopic (exact) mass is 250 g/mol. The molecule has 2 aromatic rings. The molecule has 0 unspecified atom stereocenters. The van der Waals surface area contributed by atoms with Crippen LogP contribution in [0.25, 0.3) is 11.3 Å². The summed E-state index contributed by atoms with van der Waals surface area (Å²) in [5.74, 6) is 0. The molecule has 0 radical (unpaired) electrons. The highest BCUT2D eigenvalue weighted by Crippen LogP contribution is 2.49. The second-order valence-corrected chi connectivity index (χ2v) is 5.96. The maximum atomic E-state index is 4.60. The largest absolute Gasteiger partial charge is 0.244 e. The predicted molar refractivity (Wildman–Crippen MR) is 75.9 cm³/mol. The van der Waals surface area contributed by atoms with E-state index in [1.807, 2.05) is 0 Å². The van der Waals surface area contributed by atoms with Crippen LogP contribution < -0.4 is 0 Å². The standard InChI is InChI=1S/C17H18N2/c1-4-8-17(9-5-1)10-13-6-2-3-7-14(13)16-15(17)11-18-12-19-16/h2-3,6-7,11-12H,1,4-5,8-10H2. The number of rotatable bonds is 0. The van der Waals surface area contributed by atoms with E-state index in [4.69, 9.17) is 0 Å². The Bertz CT molecular complexity index is 612. The Hall–Kier alpha value is -1.70. The van der Waals surface area contributed by atoms with Crippen LogP contribution in [0.1, 0.15) is 43.2 Å². The molecule has 0 amide bonds. The van der Waals surface area contributed by atoms with E-state index in [1.54, 1.807) is 6.33 Å². The summed E-state index contributed by atoms with van der Waals surface area (Å²) >= 11 is 0. The molecule has 0 bridgehead atoms. The molecule has 2 heteroatoms. The normalized spacial score (nSPS) is 19.8. The van der Waals surface area contributed by atoms with E-state index in [9.17, 15) is 0 Å². The van der Waals surface area contributed by atoms with Crippen LogP contribution in [0.3, 0.4) is 0 Å². The van der Waals surface area contributed by atoms with Gasteiger partial charge >= 0.3 is 0 Å². The molecule has 0 aliphatic heterocycles. The molecule has 2 aliphatic carbocycles. The average Bonchev–Trinajstić information content (AvgIpc) is 2.49. The topological polar surface area (TPSA) is 25.8 Å². The first-order chi connectivity index (χ1) is 9.39. The van der Waals surface area contributed by atoms with Crippen LogP contribution in [0.2, 0.25) is 0 Å². The molecule has 1 fully saturated rings. The molecule has 1 aromatic carbocycles. The van der Waals surface area contributed by atoms with Gasteiger partial charge in [-0.2, -0.15) is 0 Å². The second kappa shape index (κ2) is 4.16. The number of fused-ring (bicyclic) bond motifs is 4. The summed E-state index contributed by atoms with van der Waals surface area (Å²) in [4.78, 5) is 8.91. The van der Waals surface area contributed by atoms with Gasteiger partial charge in [-0.25, -0.2) is 9.97 Å². The molecule has 0 N–H and O–H groups in total. The fourth-order valence-corrected chi connectivity index (χ4v) is 3.97. The van der Waals surface area contributed by atoms with Crippen LogP contribution >= 0.6 is 0 Å². The molecular weight excluding hydrogens is 232 g/mol. The van der Waals surface area contributed by atoms with Crippen LogP contribution in [0.15, 0.2) is 36.8 Å². The van der Waals surface area contributed by atoms with Crippen molar-refractivity contribution in [1.82, 2.24) is 9.97 Å². The van der Waals surface area contributed by atoms with Gasteiger partial charge in [-0.05, 0) is 24.8 Å². The van der Waals surface area contributed by atoms with E-state index < -0.39 is 0 Å². The van der Waals surface area contributed by atoms with Gasteiger partial charge in [0.1, 0.15) is 6.33 Å². The Kier molecular flexibility index (Phi) is 2.44. The van der Waals surface area contributed by atoms with E-state index in [1.165, 1.54) is 60.9 Å². The Balaban J connectivity index is 1.95. The van der Waals surface area contributed by atoms with Gasteiger partial charge in [-0.15, -0.1) is 0 Å². The van der Waals surface area contributed by atoms with Gasteiger partial charge in [-0.3, -0.25) is 0 Å². The van der Waals surface area contributed by atoms with Crippen LogP contribution in [0.4, 0.5) is 0 Å². The highest BCUT2D eigenvalue weighted by atomic mass is 14.8. The van der Waals surface area contributed by atoms with Crippen molar-refractivity contribution in [3.63, 3.8) is 0 Å². The first-order valence-corrected chi connectivity index (χ1v) is 7.28. The van der Waals surface area contributed by atoms with Crippen molar-refractivity contribution in [1.29, 1.82) is 0 Å². The summed E-state index contributed by atoms with van der Waals surface area (Å²) in [5.41, 5.74) is 5.67. The van der Waals surface area contributed by atoms with Crippen molar-refractivity contribution >= 4 is 0 Å². The lowest BCUT2D eigenvalue weighted by Gasteiger charge is -2.42. The molecule has 1 heterocycles. The smallest absolute Gasteiger partial charge is 0.116 e. The minimum Gasteiger partial charge on any atom is -0.244 e. The zero-order valence-corrected chi connectivity index (χ0v) is 11.1. The fraction of sp³-hybridized carbons (Fsp3) is 0.412. The Morgan fingerprint density at radius 2 is 1.84 bits per heavy atom. The van der Waals surface area contributed by atoms with Crippen molar-refractivity contribution in [3.05, 3.63) is 47.9 Å². The molecule has 0 atom stereocenters. The lowest BCUT2D eigenvalue weighted by Crippen LogP contribution is -2.35. The number of nitrogens with zero attached hydrogens (tertiary/aromatic N) is 2. The van der Waals surface area contributed by atoms with Crippen LogP contribution in [0.5, 0.6) is 0 Å². The highest BCUT2D eigenvalue weighted by molar-refractivity contribution is 5.71. The quantitative estimate of drug-likeness (QED) is 0.708. The fourth-order valence-electron chi connectivity index (χ4n) is 3.97. The van der Waals surface area contributed by atoms with E-state index in [0.717, 1.165) is 0 Å². The third-order valence-corrected chi connectivity index (χ3v) is 4.90. The van der Waals surface area contributed by atoms with E-state index in [-0.39, 0.29) is 0 Å². The maximum absolute atomic E-state index is 4.60.